The first-order valence-corrected chi connectivity index (χ1v) is 14.1. The lowest BCUT2D eigenvalue weighted by atomic mass is 9.94. The molecule has 0 saturated carbocycles. The first-order chi connectivity index (χ1) is 19.8. The highest BCUT2D eigenvalue weighted by molar-refractivity contribution is 6.46. The van der Waals surface area contributed by atoms with Gasteiger partial charge in [0.15, 0.2) is 11.5 Å². The molecule has 2 aromatic carbocycles. The van der Waals surface area contributed by atoms with Crippen molar-refractivity contribution >= 4 is 17.4 Å². The minimum absolute atomic E-state index is 0.0294. The van der Waals surface area contributed by atoms with Crippen LogP contribution in [0.1, 0.15) is 62.4 Å². The van der Waals surface area contributed by atoms with Crippen molar-refractivity contribution in [1.82, 2.24) is 9.88 Å². The molecule has 0 aliphatic carbocycles. The zero-order valence-corrected chi connectivity index (χ0v) is 23.9. The van der Waals surface area contributed by atoms with Gasteiger partial charge in [0.25, 0.3) is 11.7 Å². The molecule has 5 rings (SSSR count). The molecule has 0 spiro atoms. The number of amides is 1. The summed E-state index contributed by atoms with van der Waals surface area (Å²) < 4.78 is 17.8. The Bertz CT molecular complexity index is 1470. The molecule has 1 aromatic heterocycles. The quantitative estimate of drug-likeness (QED) is 0.190. The predicted octanol–water partition coefficient (Wildman–Crippen LogP) is 5.85. The van der Waals surface area contributed by atoms with Gasteiger partial charge in [-0.3, -0.25) is 14.6 Å². The number of fused-ring (bicyclic) bond motifs is 1. The first kappa shape index (κ1) is 28.2. The van der Waals surface area contributed by atoms with Gasteiger partial charge >= 0.3 is 0 Å². The van der Waals surface area contributed by atoms with Gasteiger partial charge in [-0.25, -0.2) is 0 Å². The molecular weight excluding hydrogens is 520 g/mol. The Labute approximate surface area is 240 Å². The standard InChI is InChI=1S/C33H36N2O6/c1-5-39-28-17-23(8-11-27(28)40-14-12-20(2)3)30-29(31(36)24-9-10-26-25(16-24)15-21(4)41-26)32(37)33(38)35(30)19-22-7-6-13-34-18-22/h6-11,13,16-18,20-21,30,36H,5,12,14-15,19H2,1-4H3/b31-29+/t21-,30-/m1/s1. The number of pyridine rings is 1. The van der Waals surface area contributed by atoms with E-state index < -0.39 is 17.7 Å². The molecular formula is C33H36N2O6. The molecule has 1 amide bonds. The monoisotopic (exact) mass is 556 g/mol. The van der Waals surface area contributed by atoms with Crippen LogP contribution in [-0.4, -0.2) is 46.0 Å². The van der Waals surface area contributed by atoms with Crippen molar-refractivity contribution in [3.05, 3.63) is 88.8 Å². The van der Waals surface area contributed by atoms with Crippen LogP contribution in [0.25, 0.3) is 5.76 Å². The van der Waals surface area contributed by atoms with Crippen molar-refractivity contribution in [2.24, 2.45) is 5.92 Å². The van der Waals surface area contributed by atoms with E-state index in [9.17, 15) is 14.7 Å². The van der Waals surface area contributed by atoms with Crippen LogP contribution in [0.15, 0.2) is 66.5 Å². The topological polar surface area (TPSA) is 98.2 Å². The summed E-state index contributed by atoms with van der Waals surface area (Å²) in [5, 5.41) is 11.6. The molecule has 8 nitrogen and oxygen atoms in total. The Hall–Kier alpha value is -4.33. The van der Waals surface area contributed by atoms with Crippen molar-refractivity contribution < 1.29 is 28.9 Å². The summed E-state index contributed by atoms with van der Waals surface area (Å²) in [5.74, 6) is 0.714. The van der Waals surface area contributed by atoms with E-state index in [-0.39, 0.29) is 24.0 Å². The normalized spacial score (nSPS) is 19.4. The molecule has 8 heteroatoms. The van der Waals surface area contributed by atoms with Crippen LogP contribution in [0, 0.1) is 5.92 Å². The predicted molar refractivity (Wildman–Crippen MR) is 155 cm³/mol. The van der Waals surface area contributed by atoms with E-state index in [1.165, 1.54) is 4.90 Å². The average Bonchev–Trinajstić information content (AvgIpc) is 3.45. The molecule has 2 atom stereocenters. The van der Waals surface area contributed by atoms with Gasteiger partial charge in [-0.15, -0.1) is 0 Å². The molecule has 1 saturated heterocycles. The Kier molecular flexibility index (Phi) is 8.28. The average molecular weight is 557 g/mol. The third-order valence-electron chi connectivity index (χ3n) is 7.32. The number of ketones is 1. The summed E-state index contributed by atoms with van der Waals surface area (Å²) >= 11 is 0. The number of aromatic nitrogens is 1. The van der Waals surface area contributed by atoms with E-state index in [1.54, 1.807) is 42.7 Å². The molecule has 3 heterocycles. The van der Waals surface area contributed by atoms with Crippen LogP contribution in [0.3, 0.4) is 0 Å². The molecule has 2 aliphatic heterocycles. The summed E-state index contributed by atoms with van der Waals surface area (Å²) in [7, 11) is 0. The van der Waals surface area contributed by atoms with Gasteiger partial charge in [0.05, 0.1) is 24.8 Å². The number of aliphatic hydroxyl groups is 1. The van der Waals surface area contributed by atoms with Crippen LogP contribution in [0.5, 0.6) is 17.2 Å². The number of carbonyl (C=O) groups excluding carboxylic acids is 2. The summed E-state index contributed by atoms with van der Waals surface area (Å²) in [6.45, 7) is 9.23. The Morgan fingerprint density at radius 2 is 1.95 bits per heavy atom. The second-order valence-electron chi connectivity index (χ2n) is 10.9. The fourth-order valence-corrected chi connectivity index (χ4v) is 5.29. The van der Waals surface area contributed by atoms with E-state index in [4.69, 9.17) is 14.2 Å². The van der Waals surface area contributed by atoms with Crippen molar-refractivity contribution in [3.8, 4) is 17.2 Å². The maximum Gasteiger partial charge on any atom is 0.295 e. The molecule has 1 N–H and O–H groups in total. The highest BCUT2D eigenvalue weighted by Crippen LogP contribution is 2.43. The number of hydrogen-bond donors (Lipinski definition) is 1. The summed E-state index contributed by atoms with van der Waals surface area (Å²) in [6.07, 6.45) is 4.94. The number of carbonyl (C=O) groups is 2. The number of nitrogens with zero attached hydrogens (tertiary/aromatic N) is 2. The lowest BCUT2D eigenvalue weighted by molar-refractivity contribution is -0.140. The SMILES string of the molecule is CCOc1cc([C@@H]2/C(=C(\O)c3ccc4c(c3)C[C@@H](C)O4)C(=O)C(=O)N2Cc2cccnc2)ccc1OCCC(C)C. The second-order valence-corrected chi connectivity index (χ2v) is 10.9. The van der Waals surface area contributed by atoms with E-state index in [0.29, 0.717) is 48.2 Å². The van der Waals surface area contributed by atoms with E-state index in [1.807, 2.05) is 32.0 Å². The first-order valence-electron chi connectivity index (χ1n) is 14.1. The Balaban J connectivity index is 1.60. The molecule has 0 unspecified atom stereocenters. The van der Waals surface area contributed by atoms with Gasteiger partial charge in [0.1, 0.15) is 17.6 Å². The van der Waals surface area contributed by atoms with Gasteiger partial charge in [-0.2, -0.15) is 0 Å². The smallest absolute Gasteiger partial charge is 0.295 e. The van der Waals surface area contributed by atoms with Gasteiger partial charge in [-0.05, 0) is 79.3 Å². The maximum absolute atomic E-state index is 13.6. The summed E-state index contributed by atoms with van der Waals surface area (Å²) in [4.78, 5) is 32.7. The van der Waals surface area contributed by atoms with Crippen LogP contribution in [-0.2, 0) is 22.6 Å². The number of hydrogen-bond acceptors (Lipinski definition) is 7. The Morgan fingerprint density at radius 3 is 2.68 bits per heavy atom. The zero-order valence-electron chi connectivity index (χ0n) is 23.9. The van der Waals surface area contributed by atoms with E-state index >= 15 is 0 Å². The van der Waals surface area contributed by atoms with E-state index in [0.717, 1.165) is 23.3 Å². The lowest BCUT2D eigenvalue weighted by Gasteiger charge is -2.26. The number of Topliss-reactive ketones (excluding diaryl/α,β-unsaturated/α-hetero) is 1. The third-order valence-corrected chi connectivity index (χ3v) is 7.32. The highest BCUT2D eigenvalue weighted by atomic mass is 16.5. The molecule has 3 aromatic rings. The van der Waals surface area contributed by atoms with Gasteiger partial charge < -0.3 is 24.2 Å². The summed E-state index contributed by atoms with van der Waals surface area (Å²) in [6, 6.07) is 13.6. The Morgan fingerprint density at radius 1 is 1.12 bits per heavy atom. The highest BCUT2D eigenvalue weighted by Gasteiger charge is 2.46. The van der Waals surface area contributed by atoms with Crippen LogP contribution >= 0.6 is 0 Å². The largest absolute Gasteiger partial charge is 0.507 e. The number of likely N-dealkylation sites (tertiary alicyclic amines) is 1. The van der Waals surface area contributed by atoms with Crippen molar-refractivity contribution in [1.29, 1.82) is 0 Å². The molecule has 2 aliphatic rings. The molecule has 0 bridgehead atoms. The zero-order chi connectivity index (χ0) is 29.1. The lowest BCUT2D eigenvalue weighted by Crippen LogP contribution is -2.29. The minimum Gasteiger partial charge on any atom is -0.507 e. The molecule has 1 fully saturated rings. The van der Waals surface area contributed by atoms with Crippen molar-refractivity contribution in [2.45, 2.75) is 59.2 Å². The number of ether oxygens (including phenoxy) is 3. The van der Waals surface area contributed by atoms with Crippen LogP contribution in [0.4, 0.5) is 0 Å². The van der Waals surface area contributed by atoms with Gasteiger partial charge in [-0.1, -0.05) is 26.0 Å². The van der Waals surface area contributed by atoms with Gasteiger partial charge in [0.2, 0.25) is 0 Å². The maximum atomic E-state index is 13.6. The minimum atomic E-state index is -0.845. The number of rotatable bonds is 10. The van der Waals surface area contributed by atoms with E-state index in [2.05, 4.69) is 18.8 Å². The fraction of sp³-hybridized carbons (Fsp3) is 0.364. The molecule has 0 radical (unpaired) electrons. The molecule has 41 heavy (non-hydrogen) atoms. The van der Waals surface area contributed by atoms with Gasteiger partial charge in [0, 0.05) is 30.9 Å². The molecule has 214 valence electrons. The third kappa shape index (κ3) is 5.92. The van der Waals surface area contributed by atoms with Crippen molar-refractivity contribution in [2.75, 3.05) is 13.2 Å². The van der Waals surface area contributed by atoms with Crippen LogP contribution in [0.2, 0.25) is 0 Å². The van der Waals surface area contributed by atoms with Crippen LogP contribution < -0.4 is 14.2 Å². The fourth-order valence-electron chi connectivity index (χ4n) is 5.29. The second kappa shape index (κ2) is 12.0. The van der Waals surface area contributed by atoms with Crippen molar-refractivity contribution in [3.63, 3.8) is 0 Å². The number of benzene rings is 2. The summed E-state index contributed by atoms with van der Waals surface area (Å²) in [5.41, 5.74) is 2.84. The number of aliphatic hydroxyl groups excluding tert-OH is 1.